The number of nitrogens with one attached hydrogen (secondary N) is 1. The van der Waals surface area contributed by atoms with Crippen molar-refractivity contribution in [2.24, 2.45) is 5.92 Å². The zero-order chi connectivity index (χ0) is 10.4. The molecule has 1 saturated carbocycles. The Morgan fingerprint density at radius 1 is 1.33 bits per heavy atom. The van der Waals surface area contributed by atoms with Crippen LogP contribution in [0.4, 0.5) is 10.1 Å². The van der Waals surface area contributed by atoms with Crippen molar-refractivity contribution in [1.82, 2.24) is 0 Å². The second-order valence-electron chi connectivity index (χ2n) is 4.34. The fourth-order valence-electron chi connectivity index (χ4n) is 2.70. The maximum atomic E-state index is 13.0. The van der Waals surface area contributed by atoms with Crippen LogP contribution in [0.25, 0.3) is 0 Å². The maximum Gasteiger partial charge on any atom is 0.170 e. The molecule has 1 fully saturated rings. The number of benzene rings is 1. The first-order chi connectivity index (χ1) is 7.25. The Hall–Kier alpha value is -1.38. The zero-order valence-electron chi connectivity index (χ0n) is 8.29. The van der Waals surface area contributed by atoms with E-state index in [9.17, 15) is 9.18 Å². The summed E-state index contributed by atoms with van der Waals surface area (Å²) in [7, 11) is 0. The molecule has 0 radical (unpaired) electrons. The highest BCUT2D eigenvalue weighted by Crippen LogP contribution is 2.37. The summed E-state index contributed by atoms with van der Waals surface area (Å²) >= 11 is 0. The minimum Gasteiger partial charge on any atom is -0.381 e. The summed E-state index contributed by atoms with van der Waals surface area (Å²) in [5.74, 6) is 0.0136. The number of halogens is 1. The third-order valence-corrected chi connectivity index (χ3v) is 3.44. The number of carbonyl (C=O) groups is 1. The van der Waals surface area contributed by atoms with Gasteiger partial charge in [-0.2, -0.15) is 0 Å². The molecular formula is C12H12FNO. The third kappa shape index (κ3) is 1.26. The maximum absolute atomic E-state index is 13.0. The van der Waals surface area contributed by atoms with E-state index < -0.39 is 0 Å². The Morgan fingerprint density at radius 3 is 3.07 bits per heavy atom. The van der Waals surface area contributed by atoms with Gasteiger partial charge in [0.25, 0.3) is 0 Å². The van der Waals surface area contributed by atoms with Gasteiger partial charge < -0.3 is 5.32 Å². The van der Waals surface area contributed by atoms with Crippen molar-refractivity contribution in [3.8, 4) is 0 Å². The molecule has 3 heteroatoms. The second-order valence-corrected chi connectivity index (χ2v) is 4.34. The Balaban J connectivity index is 2.08. The van der Waals surface area contributed by atoms with Gasteiger partial charge in [-0.1, -0.05) is 6.42 Å². The molecule has 3 rings (SSSR count). The lowest BCUT2D eigenvalue weighted by molar-refractivity contribution is 0.0911. The first kappa shape index (κ1) is 8.89. The summed E-state index contributed by atoms with van der Waals surface area (Å²) in [6.45, 7) is 0. The van der Waals surface area contributed by atoms with Gasteiger partial charge in [0.2, 0.25) is 0 Å². The number of fused-ring (bicyclic) bond motifs is 2. The van der Waals surface area contributed by atoms with E-state index in [0.717, 1.165) is 19.3 Å². The summed E-state index contributed by atoms with van der Waals surface area (Å²) in [6.07, 6.45) is 3.07. The van der Waals surface area contributed by atoms with Gasteiger partial charge in [-0.15, -0.1) is 0 Å². The Kier molecular flexibility index (Phi) is 1.81. The van der Waals surface area contributed by atoms with Crippen LogP contribution in [-0.2, 0) is 0 Å². The van der Waals surface area contributed by atoms with Crippen molar-refractivity contribution >= 4 is 11.5 Å². The van der Waals surface area contributed by atoms with Gasteiger partial charge in [-0.25, -0.2) is 4.39 Å². The molecule has 1 heterocycles. The number of Topliss-reactive ketones (excluding diaryl/α,β-unsaturated/α-hetero) is 1. The molecule has 0 aromatic heterocycles. The van der Waals surface area contributed by atoms with E-state index in [1.165, 1.54) is 12.1 Å². The van der Waals surface area contributed by atoms with Gasteiger partial charge in [0, 0.05) is 23.2 Å². The van der Waals surface area contributed by atoms with Crippen LogP contribution >= 0.6 is 0 Å². The molecule has 15 heavy (non-hydrogen) atoms. The van der Waals surface area contributed by atoms with Gasteiger partial charge in [0.05, 0.1) is 0 Å². The number of hydrogen-bond donors (Lipinski definition) is 1. The van der Waals surface area contributed by atoms with E-state index in [-0.39, 0.29) is 23.6 Å². The summed E-state index contributed by atoms with van der Waals surface area (Å²) in [5.41, 5.74) is 1.32. The van der Waals surface area contributed by atoms with E-state index in [0.29, 0.717) is 11.3 Å². The normalized spacial score (nSPS) is 28.2. The van der Waals surface area contributed by atoms with Gasteiger partial charge in [-0.05, 0) is 31.0 Å². The lowest BCUT2D eigenvalue weighted by atomic mass is 9.88. The lowest BCUT2D eigenvalue weighted by Crippen LogP contribution is -2.35. The van der Waals surface area contributed by atoms with Crippen LogP contribution in [-0.4, -0.2) is 11.8 Å². The fraction of sp³-hybridized carbons (Fsp3) is 0.417. The Bertz CT molecular complexity index is 430. The van der Waals surface area contributed by atoms with Gasteiger partial charge in [0.15, 0.2) is 5.78 Å². The van der Waals surface area contributed by atoms with Gasteiger partial charge in [0.1, 0.15) is 5.82 Å². The average molecular weight is 205 g/mol. The van der Waals surface area contributed by atoms with Crippen LogP contribution in [0, 0.1) is 11.7 Å². The highest BCUT2D eigenvalue weighted by molar-refractivity contribution is 6.05. The molecule has 1 aromatic carbocycles. The van der Waals surface area contributed by atoms with Crippen molar-refractivity contribution in [3.63, 3.8) is 0 Å². The van der Waals surface area contributed by atoms with Crippen molar-refractivity contribution in [2.75, 3.05) is 5.32 Å². The average Bonchev–Trinajstić information content (AvgIpc) is 2.65. The van der Waals surface area contributed by atoms with Crippen LogP contribution in [0.1, 0.15) is 29.6 Å². The van der Waals surface area contributed by atoms with Crippen LogP contribution in [0.15, 0.2) is 18.2 Å². The molecule has 0 spiro atoms. The van der Waals surface area contributed by atoms with Crippen molar-refractivity contribution in [2.45, 2.75) is 25.3 Å². The van der Waals surface area contributed by atoms with Crippen molar-refractivity contribution in [3.05, 3.63) is 29.6 Å². The summed E-state index contributed by atoms with van der Waals surface area (Å²) < 4.78 is 13.0. The molecule has 0 unspecified atom stereocenters. The van der Waals surface area contributed by atoms with Crippen LogP contribution in [0.5, 0.6) is 0 Å². The standard InChI is InChI=1S/C12H12FNO/c13-7-4-5-9-11(6-7)14-10-3-1-2-8(10)12(9)15/h4-6,8,10,14H,1-3H2/t8-,10+/m0/s1. The minimum absolute atomic E-state index is 0.114. The van der Waals surface area contributed by atoms with E-state index in [1.807, 2.05) is 0 Å². The quantitative estimate of drug-likeness (QED) is 0.705. The molecule has 0 bridgehead atoms. The number of anilines is 1. The molecule has 2 atom stereocenters. The SMILES string of the molecule is O=C1c2ccc(F)cc2N[C@@H]2CCC[C@H]12. The monoisotopic (exact) mass is 205 g/mol. The summed E-state index contributed by atoms with van der Waals surface area (Å²) in [6, 6.07) is 4.59. The predicted octanol–water partition coefficient (Wildman–Crippen LogP) is 2.60. The van der Waals surface area contributed by atoms with E-state index in [4.69, 9.17) is 0 Å². The largest absolute Gasteiger partial charge is 0.381 e. The molecule has 2 aliphatic rings. The fourth-order valence-corrected chi connectivity index (χ4v) is 2.70. The number of rotatable bonds is 0. The molecule has 1 aromatic rings. The first-order valence-corrected chi connectivity index (χ1v) is 5.36. The number of carbonyl (C=O) groups excluding carboxylic acids is 1. The molecular weight excluding hydrogens is 193 g/mol. The summed E-state index contributed by atoms with van der Waals surface area (Å²) in [4.78, 5) is 12.0. The molecule has 1 aliphatic heterocycles. The second kappa shape index (κ2) is 3.05. The summed E-state index contributed by atoms with van der Waals surface area (Å²) in [5, 5.41) is 3.27. The van der Waals surface area contributed by atoms with Crippen LogP contribution < -0.4 is 5.32 Å². The van der Waals surface area contributed by atoms with Gasteiger partial charge >= 0.3 is 0 Å². The van der Waals surface area contributed by atoms with E-state index >= 15 is 0 Å². The molecule has 2 nitrogen and oxygen atoms in total. The highest BCUT2D eigenvalue weighted by atomic mass is 19.1. The predicted molar refractivity (Wildman–Crippen MR) is 55.5 cm³/mol. The number of ketones is 1. The van der Waals surface area contributed by atoms with Crippen molar-refractivity contribution < 1.29 is 9.18 Å². The zero-order valence-corrected chi connectivity index (χ0v) is 8.29. The van der Waals surface area contributed by atoms with Crippen molar-refractivity contribution in [1.29, 1.82) is 0 Å². The smallest absolute Gasteiger partial charge is 0.170 e. The third-order valence-electron chi connectivity index (χ3n) is 3.44. The molecule has 0 saturated heterocycles. The Labute approximate surface area is 87.5 Å². The first-order valence-electron chi connectivity index (χ1n) is 5.36. The lowest BCUT2D eigenvalue weighted by Gasteiger charge is -2.28. The molecule has 0 amide bonds. The van der Waals surface area contributed by atoms with Crippen LogP contribution in [0.3, 0.4) is 0 Å². The Morgan fingerprint density at radius 2 is 2.20 bits per heavy atom. The van der Waals surface area contributed by atoms with Gasteiger partial charge in [-0.3, -0.25) is 4.79 Å². The highest BCUT2D eigenvalue weighted by Gasteiger charge is 2.38. The van der Waals surface area contributed by atoms with E-state index in [1.54, 1.807) is 6.07 Å². The van der Waals surface area contributed by atoms with Crippen LogP contribution in [0.2, 0.25) is 0 Å². The van der Waals surface area contributed by atoms with E-state index in [2.05, 4.69) is 5.32 Å². The number of hydrogen-bond acceptors (Lipinski definition) is 2. The topological polar surface area (TPSA) is 29.1 Å². The molecule has 78 valence electrons. The molecule has 1 N–H and O–H groups in total. The minimum atomic E-state index is -0.287. The molecule has 1 aliphatic carbocycles.